The molecule has 0 radical (unpaired) electrons. The highest BCUT2D eigenvalue weighted by Crippen LogP contribution is 2.54. The Bertz CT molecular complexity index is 576. The molecule has 1 aromatic rings. The van der Waals surface area contributed by atoms with Crippen molar-refractivity contribution >= 4 is 11.6 Å². The molecule has 2 aliphatic rings. The number of rotatable bonds is 1. The van der Waals surface area contributed by atoms with Crippen LogP contribution in [0.4, 0.5) is 5.69 Å². The maximum atomic E-state index is 11.6. The third kappa shape index (κ3) is 1.34. The Labute approximate surface area is 106 Å². The average molecular weight is 242 g/mol. The number of fused-ring (bicyclic) bond motifs is 1. The van der Waals surface area contributed by atoms with Crippen molar-refractivity contribution in [3.8, 4) is 11.8 Å². The van der Waals surface area contributed by atoms with Crippen molar-refractivity contribution in [3.63, 3.8) is 0 Å². The van der Waals surface area contributed by atoms with Gasteiger partial charge in [0.05, 0.1) is 17.2 Å². The minimum atomic E-state index is -0.365. The quantitative estimate of drug-likeness (QED) is 0.755. The normalized spacial score (nSPS) is 29.3. The molecule has 1 saturated carbocycles. The fourth-order valence-electron chi connectivity index (χ4n) is 2.60. The SMILES string of the molecule is CC1CC1(C#N)c1ccc2c(c1)N(C)C(=O)CO2. The van der Waals surface area contributed by atoms with Crippen LogP contribution in [0.15, 0.2) is 18.2 Å². The van der Waals surface area contributed by atoms with Crippen LogP contribution in [0.2, 0.25) is 0 Å². The number of benzene rings is 1. The topological polar surface area (TPSA) is 53.3 Å². The van der Waals surface area contributed by atoms with Gasteiger partial charge in [-0.25, -0.2) is 0 Å². The van der Waals surface area contributed by atoms with E-state index in [1.165, 1.54) is 0 Å². The number of nitriles is 1. The highest BCUT2D eigenvalue weighted by atomic mass is 16.5. The van der Waals surface area contributed by atoms with Gasteiger partial charge in [-0.2, -0.15) is 5.26 Å². The third-order valence-electron chi connectivity index (χ3n) is 4.07. The van der Waals surface area contributed by atoms with Crippen molar-refractivity contribution in [2.75, 3.05) is 18.6 Å². The summed E-state index contributed by atoms with van der Waals surface area (Å²) in [5, 5.41) is 9.34. The monoisotopic (exact) mass is 242 g/mol. The first-order chi connectivity index (χ1) is 8.58. The van der Waals surface area contributed by atoms with Crippen LogP contribution in [0.25, 0.3) is 0 Å². The van der Waals surface area contributed by atoms with Crippen molar-refractivity contribution in [1.29, 1.82) is 5.26 Å². The Kier molecular flexibility index (Phi) is 2.15. The van der Waals surface area contributed by atoms with E-state index in [1.807, 2.05) is 18.2 Å². The van der Waals surface area contributed by atoms with Gasteiger partial charge >= 0.3 is 0 Å². The van der Waals surface area contributed by atoms with E-state index >= 15 is 0 Å². The Balaban J connectivity index is 2.07. The highest BCUT2D eigenvalue weighted by Gasteiger charge is 2.53. The van der Waals surface area contributed by atoms with E-state index in [2.05, 4.69) is 13.0 Å². The zero-order valence-corrected chi connectivity index (χ0v) is 10.4. The number of likely N-dealkylation sites (N-methyl/N-ethyl adjacent to an activating group) is 1. The zero-order valence-electron chi connectivity index (χ0n) is 10.4. The predicted molar refractivity (Wildman–Crippen MR) is 66.4 cm³/mol. The van der Waals surface area contributed by atoms with Gasteiger partial charge in [0.25, 0.3) is 5.91 Å². The van der Waals surface area contributed by atoms with Gasteiger partial charge in [-0.3, -0.25) is 4.79 Å². The van der Waals surface area contributed by atoms with Gasteiger partial charge in [0.2, 0.25) is 0 Å². The summed E-state index contributed by atoms with van der Waals surface area (Å²) in [5.41, 5.74) is 1.38. The Morgan fingerprint density at radius 3 is 2.89 bits per heavy atom. The maximum Gasteiger partial charge on any atom is 0.264 e. The van der Waals surface area contributed by atoms with Crippen LogP contribution in [-0.2, 0) is 10.2 Å². The van der Waals surface area contributed by atoms with E-state index in [-0.39, 0.29) is 17.9 Å². The summed E-state index contributed by atoms with van der Waals surface area (Å²) < 4.78 is 5.38. The molecule has 92 valence electrons. The average Bonchev–Trinajstić information content (AvgIpc) is 3.06. The minimum Gasteiger partial charge on any atom is -0.482 e. The van der Waals surface area contributed by atoms with Gasteiger partial charge in [-0.15, -0.1) is 0 Å². The molecule has 4 heteroatoms. The molecule has 1 aliphatic heterocycles. The van der Waals surface area contributed by atoms with E-state index in [9.17, 15) is 10.1 Å². The standard InChI is InChI=1S/C14H14N2O2/c1-9-6-14(9,8-15)10-3-4-12-11(5-10)16(2)13(17)7-18-12/h3-5,9H,6-7H2,1-2H3. The van der Waals surface area contributed by atoms with Crippen LogP contribution in [0, 0.1) is 17.2 Å². The van der Waals surface area contributed by atoms with Gasteiger partial charge in [-0.1, -0.05) is 13.0 Å². The van der Waals surface area contributed by atoms with Crippen LogP contribution in [-0.4, -0.2) is 19.6 Å². The molecule has 1 aromatic carbocycles. The predicted octanol–water partition coefficient (Wildman–Crippen LogP) is 1.84. The molecular weight excluding hydrogens is 228 g/mol. The third-order valence-corrected chi connectivity index (χ3v) is 4.07. The molecule has 18 heavy (non-hydrogen) atoms. The van der Waals surface area contributed by atoms with Crippen LogP contribution < -0.4 is 9.64 Å². The first-order valence-electron chi connectivity index (χ1n) is 6.03. The van der Waals surface area contributed by atoms with Crippen molar-refractivity contribution in [2.45, 2.75) is 18.8 Å². The smallest absolute Gasteiger partial charge is 0.264 e. The molecule has 4 nitrogen and oxygen atoms in total. The summed E-state index contributed by atoms with van der Waals surface area (Å²) in [7, 11) is 1.74. The zero-order chi connectivity index (χ0) is 12.9. The Morgan fingerprint density at radius 2 is 2.28 bits per heavy atom. The summed E-state index contributed by atoms with van der Waals surface area (Å²) in [6.07, 6.45) is 0.890. The Morgan fingerprint density at radius 1 is 1.56 bits per heavy atom. The molecule has 1 fully saturated rings. The van der Waals surface area contributed by atoms with Crippen molar-refractivity contribution in [2.24, 2.45) is 5.92 Å². The van der Waals surface area contributed by atoms with Crippen molar-refractivity contribution in [1.82, 2.24) is 0 Å². The lowest BCUT2D eigenvalue weighted by Crippen LogP contribution is -2.35. The second-order valence-corrected chi connectivity index (χ2v) is 5.11. The number of anilines is 1. The lowest BCUT2D eigenvalue weighted by atomic mass is 9.94. The molecule has 0 saturated heterocycles. The van der Waals surface area contributed by atoms with Crippen LogP contribution >= 0.6 is 0 Å². The van der Waals surface area contributed by atoms with E-state index in [0.29, 0.717) is 11.7 Å². The van der Waals surface area contributed by atoms with Crippen LogP contribution in [0.1, 0.15) is 18.9 Å². The minimum absolute atomic E-state index is 0.0606. The maximum absolute atomic E-state index is 11.6. The number of hydrogen-bond acceptors (Lipinski definition) is 3. The summed E-state index contributed by atoms with van der Waals surface area (Å²) in [6, 6.07) is 8.12. The molecule has 3 rings (SSSR count). The fraction of sp³-hybridized carbons (Fsp3) is 0.429. The molecule has 0 N–H and O–H groups in total. The summed E-state index contributed by atoms with van der Waals surface area (Å²) in [5.74, 6) is 1.03. The molecule has 1 aliphatic carbocycles. The van der Waals surface area contributed by atoms with E-state index in [1.54, 1.807) is 11.9 Å². The number of ether oxygens (including phenoxy) is 1. The second-order valence-electron chi connectivity index (χ2n) is 5.11. The number of nitrogens with zero attached hydrogens (tertiary/aromatic N) is 2. The van der Waals surface area contributed by atoms with Gasteiger partial charge in [0.15, 0.2) is 6.61 Å². The summed E-state index contributed by atoms with van der Waals surface area (Å²) >= 11 is 0. The molecular formula is C14H14N2O2. The fourth-order valence-corrected chi connectivity index (χ4v) is 2.60. The molecule has 0 aromatic heterocycles. The summed E-state index contributed by atoms with van der Waals surface area (Å²) in [6.45, 7) is 2.16. The Hall–Kier alpha value is -2.02. The number of carbonyl (C=O) groups excluding carboxylic acids is 1. The molecule has 2 atom stereocenters. The van der Waals surface area contributed by atoms with Gasteiger partial charge in [-0.05, 0) is 30.0 Å². The van der Waals surface area contributed by atoms with E-state index < -0.39 is 0 Å². The second kappa shape index (κ2) is 3.49. The van der Waals surface area contributed by atoms with Gasteiger partial charge in [0.1, 0.15) is 5.75 Å². The van der Waals surface area contributed by atoms with E-state index in [0.717, 1.165) is 17.7 Å². The van der Waals surface area contributed by atoms with Crippen molar-refractivity contribution in [3.05, 3.63) is 23.8 Å². The molecule has 1 amide bonds. The number of amides is 1. The number of hydrogen-bond donors (Lipinski definition) is 0. The largest absolute Gasteiger partial charge is 0.482 e. The highest BCUT2D eigenvalue weighted by molar-refractivity contribution is 5.97. The molecule has 0 spiro atoms. The van der Waals surface area contributed by atoms with Crippen LogP contribution in [0.5, 0.6) is 5.75 Å². The van der Waals surface area contributed by atoms with Crippen molar-refractivity contribution < 1.29 is 9.53 Å². The van der Waals surface area contributed by atoms with Gasteiger partial charge in [0, 0.05) is 7.05 Å². The lowest BCUT2D eigenvalue weighted by Gasteiger charge is -2.27. The lowest BCUT2D eigenvalue weighted by molar-refractivity contribution is -0.120. The van der Waals surface area contributed by atoms with Gasteiger partial charge < -0.3 is 9.64 Å². The molecule has 2 unspecified atom stereocenters. The first kappa shape index (κ1) is 11.1. The number of carbonyl (C=O) groups is 1. The van der Waals surface area contributed by atoms with E-state index in [4.69, 9.17) is 4.74 Å². The summed E-state index contributed by atoms with van der Waals surface area (Å²) in [4.78, 5) is 13.2. The molecule has 0 bridgehead atoms. The van der Waals surface area contributed by atoms with Crippen LogP contribution in [0.3, 0.4) is 0 Å². The first-order valence-corrected chi connectivity index (χ1v) is 6.03. The molecule has 1 heterocycles.